The molecule has 5 rings (SSSR count). The molecule has 1 fully saturated rings. The first-order valence-electron chi connectivity index (χ1n) is 11.0. The van der Waals surface area contributed by atoms with Gasteiger partial charge in [-0.2, -0.15) is 5.10 Å². The Morgan fingerprint density at radius 1 is 1.19 bits per heavy atom. The molecule has 0 amide bonds. The number of pyridine rings is 1. The minimum Gasteiger partial charge on any atom is -0.507 e. The van der Waals surface area contributed by atoms with Crippen LogP contribution in [0.15, 0.2) is 35.5 Å². The summed E-state index contributed by atoms with van der Waals surface area (Å²) < 4.78 is 3.57. The number of aromatic hydroxyl groups is 1. The molecule has 1 aliphatic rings. The zero-order chi connectivity index (χ0) is 22.6. The maximum absolute atomic E-state index is 13.2. The van der Waals surface area contributed by atoms with Crippen molar-refractivity contribution in [2.24, 2.45) is 7.05 Å². The molecule has 3 aromatic heterocycles. The number of nitrogens with zero attached hydrogens (tertiary/aromatic N) is 6. The van der Waals surface area contributed by atoms with Crippen molar-refractivity contribution in [2.45, 2.75) is 44.7 Å². The highest BCUT2D eigenvalue weighted by Crippen LogP contribution is 2.35. The van der Waals surface area contributed by atoms with E-state index in [0.29, 0.717) is 33.9 Å². The Hall–Kier alpha value is -3.26. The van der Waals surface area contributed by atoms with Gasteiger partial charge in [0, 0.05) is 48.7 Å². The van der Waals surface area contributed by atoms with E-state index >= 15 is 0 Å². The summed E-state index contributed by atoms with van der Waals surface area (Å²) in [5.41, 5.74) is 2.51. The molecule has 1 N–H and O–H groups in total. The lowest BCUT2D eigenvalue weighted by Crippen LogP contribution is -2.35. The smallest absolute Gasteiger partial charge is 0.261 e. The Morgan fingerprint density at radius 3 is 2.66 bits per heavy atom. The van der Waals surface area contributed by atoms with E-state index in [1.807, 2.05) is 43.1 Å². The summed E-state index contributed by atoms with van der Waals surface area (Å²) in [5, 5.41) is 16.6. The summed E-state index contributed by atoms with van der Waals surface area (Å²) in [6, 6.07) is 4.52. The third kappa shape index (κ3) is 3.35. The molecule has 1 saturated carbocycles. The largest absolute Gasteiger partial charge is 0.507 e. The predicted octanol–water partition coefficient (Wildman–Crippen LogP) is 3.40. The highest BCUT2D eigenvalue weighted by molar-refractivity contribution is 5.90. The van der Waals surface area contributed by atoms with Gasteiger partial charge in [-0.1, -0.05) is 0 Å². The molecule has 166 valence electrons. The molecule has 0 saturated heterocycles. The summed E-state index contributed by atoms with van der Waals surface area (Å²) in [6.07, 6.45) is 9.51. The molecule has 1 aliphatic carbocycles. The van der Waals surface area contributed by atoms with Crippen molar-refractivity contribution in [1.82, 2.24) is 29.2 Å². The molecule has 1 aromatic carbocycles. The van der Waals surface area contributed by atoms with E-state index in [-0.39, 0.29) is 17.4 Å². The van der Waals surface area contributed by atoms with Gasteiger partial charge in [-0.3, -0.25) is 9.48 Å². The highest BCUT2D eigenvalue weighted by Gasteiger charge is 2.25. The van der Waals surface area contributed by atoms with E-state index in [2.05, 4.69) is 34.1 Å². The highest BCUT2D eigenvalue weighted by atomic mass is 16.3. The average Bonchev–Trinajstić information content (AvgIpc) is 3.17. The Balaban J connectivity index is 1.52. The normalized spacial score (nSPS) is 19.3. The number of hydrogen-bond acceptors (Lipinski definition) is 6. The van der Waals surface area contributed by atoms with E-state index < -0.39 is 0 Å². The van der Waals surface area contributed by atoms with Crippen LogP contribution in [0.5, 0.6) is 5.75 Å². The number of phenols is 1. The van der Waals surface area contributed by atoms with Gasteiger partial charge in [0.15, 0.2) is 5.82 Å². The van der Waals surface area contributed by atoms with Crippen molar-refractivity contribution in [1.29, 1.82) is 0 Å². The van der Waals surface area contributed by atoms with Gasteiger partial charge in [-0.05, 0) is 58.8 Å². The quantitative estimate of drug-likeness (QED) is 0.534. The third-order valence-corrected chi connectivity index (χ3v) is 6.83. The second-order valence-electron chi connectivity index (χ2n) is 9.08. The van der Waals surface area contributed by atoms with Gasteiger partial charge in [0.25, 0.3) is 5.56 Å². The van der Waals surface area contributed by atoms with Crippen LogP contribution in [-0.4, -0.2) is 54.5 Å². The maximum atomic E-state index is 13.2. The van der Waals surface area contributed by atoms with E-state index in [4.69, 9.17) is 0 Å². The zero-order valence-electron chi connectivity index (χ0n) is 18.9. The van der Waals surface area contributed by atoms with Crippen LogP contribution in [0.25, 0.3) is 33.2 Å². The van der Waals surface area contributed by atoms with Crippen LogP contribution in [0.4, 0.5) is 0 Å². The average molecular weight is 433 g/mol. The number of rotatable bonds is 3. The van der Waals surface area contributed by atoms with Crippen molar-refractivity contribution < 1.29 is 5.11 Å². The molecule has 0 radical (unpaired) electrons. The zero-order valence-corrected chi connectivity index (χ0v) is 18.9. The van der Waals surface area contributed by atoms with Gasteiger partial charge in [-0.15, -0.1) is 0 Å². The van der Waals surface area contributed by atoms with E-state index in [1.165, 1.54) is 0 Å². The molecule has 3 heterocycles. The Morgan fingerprint density at radius 2 is 1.94 bits per heavy atom. The van der Waals surface area contributed by atoms with Crippen molar-refractivity contribution >= 4 is 21.8 Å². The predicted molar refractivity (Wildman–Crippen MR) is 125 cm³/mol. The first-order valence-corrected chi connectivity index (χ1v) is 11.0. The summed E-state index contributed by atoms with van der Waals surface area (Å²) >= 11 is 0. The molecule has 4 aromatic rings. The SMILES string of the molecule is Cc1c(O)c(-c2ncc3c(=O)n(C4CCC(N(C)C)CC4)ccc3n2)cc2cn(C)nc12. The molecule has 8 heteroatoms. The minimum atomic E-state index is -0.0505. The second-order valence-corrected chi connectivity index (χ2v) is 9.08. The van der Waals surface area contributed by atoms with Crippen molar-refractivity contribution in [3.63, 3.8) is 0 Å². The van der Waals surface area contributed by atoms with Crippen molar-refractivity contribution in [3.05, 3.63) is 46.6 Å². The fraction of sp³-hybridized carbons (Fsp3) is 0.417. The monoisotopic (exact) mass is 432 g/mol. The van der Waals surface area contributed by atoms with Gasteiger partial charge >= 0.3 is 0 Å². The lowest BCUT2D eigenvalue weighted by atomic mass is 9.90. The lowest BCUT2D eigenvalue weighted by molar-refractivity contribution is 0.194. The number of aromatic nitrogens is 5. The third-order valence-electron chi connectivity index (χ3n) is 6.83. The number of benzene rings is 1. The molecule has 0 bridgehead atoms. The van der Waals surface area contributed by atoms with Gasteiger partial charge in [0.05, 0.1) is 22.0 Å². The van der Waals surface area contributed by atoms with Crippen LogP contribution in [0, 0.1) is 6.92 Å². The molecular formula is C24H28N6O2. The molecule has 0 unspecified atom stereocenters. The van der Waals surface area contributed by atoms with Gasteiger partial charge in [-0.25, -0.2) is 9.97 Å². The molecule has 32 heavy (non-hydrogen) atoms. The molecule has 8 nitrogen and oxygen atoms in total. The Labute approximate surface area is 186 Å². The molecular weight excluding hydrogens is 404 g/mol. The fourth-order valence-electron chi connectivity index (χ4n) is 4.93. The molecule has 0 aliphatic heterocycles. The van der Waals surface area contributed by atoms with Crippen molar-refractivity contribution in [2.75, 3.05) is 14.1 Å². The van der Waals surface area contributed by atoms with Crippen LogP contribution in [-0.2, 0) is 7.05 Å². The topological polar surface area (TPSA) is 89.1 Å². The summed E-state index contributed by atoms with van der Waals surface area (Å²) in [5.74, 6) is 0.508. The number of hydrogen-bond donors (Lipinski definition) is 1. The first-order chi connectivity index (χ1) is 15.3. The van der Waals surface area contributed by atoms with Crippen LogP contribution in [0.1, 0.15) is 37.3 Å². The van der Waals surface area contributed by atoms with E-state index in [9.17, 15) is 9.90 Å². The second kappa shape index (κ2) is 7.70. The van der Waals surface area contributed by atoms with E-state index in [0.717, 1.165) is 36.6 Å². The van der Waals surface area contributed by atoms with Gasteiger partial charge < -0.3 is 14.6 Å². The Bertz CT molecular complexity index is 1380. The van der Waals surface area contributed by atoms with Crippen LogP contribution < -0.4 is 5.56 Å². The van der Waals surface area contributed by atoms with Crippen LogP contribution in [0.2, 0.25) is 0 Å². The van der Waals surface area contributed by atoms with Crippen LogP contribution >= 0.6 is 0 Å². The summed E-state index contributed by atoms with van der Waals surface area (Å²) in [6.45, 7) is 1.83. The number of fused-ring (bicyclic) bond motifs is 2. The minimum absolute atomic E-state index is 0.0505. The Kier molecular flexibility index (Phi) is 4.97. The molecule has 0 atom stereocenters. The standard InChI is InChI=1S/C24H28N6O2/c1-14-21-15(13-29(4)27-21)11-18(22(14)31)23-25-12-19-20(26-23)9-10-30(24(19)32)17-7-5-16(6-8-17)28(2)3/h9-13,16-17,31H,5-8H2,1-4H3. The lowest BCUT2D eigenvalue weighted by Gasteiger charge is -2.33. The maximum Gasteiger partial charge on any atom is 0.261 e. The number of phenolic OH excluding ortho intramolecular Hbond substituents is 1. The van der Waals surface area contributed by atoms with Gasteiger partial charge in [0.1, 0.15) is 5.75 Å². The van der Waals surface area contributed by atoms with E-state index in [1.54, 1.807) is 10.9 Å². The van der Waals surface area contributed by atoms with Gasteiger partial charge in [0.2, 0.25) is 0 Å². The van der Waals surface area contributed by atoms with Crippen LogP contribution in [0.3, 0.4) is 0 Å². The molecule has 0 spiro atoms. The number of aryl methyl sites for hydroxylation is 2. The first kappa shape index (κ1) is 20.6. The summed E-state index contributed by atoms with van der Waals surface area (Å²) in [7, 11) is 6.08. The summed E-state index contributed by atoms with van der Waals surface area (Å²) in [4.78, 5) is 24.6. The van der Waals surface area contributed by atoms with Crippen molar-refractivity contribution in [3.8, 4) is 17.1 Å². The fourth-order valence-corrected chi connectivity index (χ4v) is 4.93.